The number of carbonyl (C=O) groups is 2. The number of halogens is 2. The molecule has 0 bridgehead atoms. The number of nitrogens with one attached hydrogen (secondary N) is 1. The molecular formula is C18H18Cl2N2O3. The van der Waals surface area contributed by atoms with Crippen molar-refractivity contribution in [3.05, 3.63) is 58.1 Å². The Morgan fingerprint density at radius 2 is 1.88 bits per heavy atom. The third-order valence-corrected chi connectivity index (χ3v) is 4.09. The normalized spacial score (nSPS) is 10.2. The summed E-state index contributed by atoms with van der Waals surface area (Å²) in [5.41, 5.74) is 0.848. The minimum Gasteiger partial charge on any atom is -0.495 e. The molecule has 0 atom stereocenters. The summed E-state index contributed by atoms with van der Waals surface area (Å²) in [5.74, 6) is -0.116. The first-order valence-corrected chi connectivity index (χ1v) is 8.39. The van der Waals surface area contributed by atoms with Crippen LogP contribution >= 0.6 is 23.2 Å². The van der Waals surface area contributed by atoms with Gasteiger partial charge in [0.2, 0.25) is 5.91 Å². The van der Waals surface area contributed by atoms with Crippen molar-refractivity contribution in [1.82, 2.24) is 4.90 Å². The number of amides is 2. The van der Waals surface area contributed by atoms with Crippen molar-refractivity contribution in [2.24, 2.45) is 0 Å². The fourth-order valence-electron chi connectivity index (χ4n) is 2.27. The highest BCUT2D eigenvalue weighted by atomic mass is 35.5. The summed E-state index contributed by atoms with van der Waals surface area (Å²) >= 11 is 11.9. The molecule has 5 nitrogen and oxygen atoms in total. The van der Waals surface area contributed by atoms with Gasteiger partial charge in [-0.25, -0.2) is 0 Å². The molecule has 2 aromatic rings. The van der Waals surface area contributed by atoms with Crippen molar-refractivity contribution in [1.29, 1.82) is 0 Å². The molecule has 0 fully saturated rings. The fraction of sp³-hybridized carbons (Fsp3) is 0.222. The number of nitrogens with zero attached hydrogens (tertiary/aromatic N) is 1. The Labute approximate surface area is 156 Å². The first-order chi connectivity index (χ1) is 12.0. The highest BCUT2D eigenvalue weighted by Crippen LogP contribution is 2.24. The van der Waals surface area contributed by atoms with Crippen LogP contribution in [0.1, 0.15) is 17.3 Å². The third kappa shape index (κ3) is 4.87. The molecule has 0 spiro atoms. The van der Waals surface area contributed by atoms with Crippen LogP contribution in [-0.2, 0) is 4.79 Å². The van der Waals surface area contributed by atoms with E-state index in [2.05, 4.69) is 5.32 Å². The van der Waals surface area contributed by atoms with Crippen LogP contribution in [0.2, 0.25) is 10.0 Å². The number of anilines is 1. The van der Waals surface area contributed by atoms with E-state index in [1.54, 1.807) is 43.3 Å². The number of carbonyl (C=O) groups excluding carboxylic acids is 2. The maximum absolute atomic E-state index is 12.6. The molecule has 2 rings (SSSR count). The molecule has 0 radical (unpaired) electrons. The monoisotopic (exact) mass is 380 g/mol. The fourth-order valence-corrected chi connectivity index (χ4v) is 2.76. The van der Waals surface area contributed by atoms with E-state index in [-0.39, 0.29) is 23.4 Å². The molecule has 0 saturated heterocycles. The number of methoxy groups -OCH3 is 1. The van der Waals surface area contributed by atoms with Gasteiger partial charge >= 0.3 is 0 Å². The van der Waals surface area contributed by atoms with Gasteiger partial charge in [-0.15, -0.1) is 0 Å². The molecule has 0 saturated carbocycles. The second kappa shape index (κ2) is 8.74. The van der Waals surface area contributed by atoms with Crippen molar-refractivity contribution in [2.75, 3.05) is 25.5 Å². The maximum atomic E-state index is 12.6. The molecule has 7 heteroatoms. The lowest BCUT2D eigenvalue weighted by atomic mass is 10.2. The average molecular weight is 381 g/mol. The molecule has 132 valence electrons. The van der Waals surface area contributed by atoms with E-state index in [1.165, 1.54) is 18.1 Å². The molecule has 2 amide bonds. The van der Waals surface area contributed by atoms with Crippen LogP contribution in [0, 0.1) is 0 Å². The molecule has 25 heavy (non-hydrogen) atoms. The number of para-hydroxylation sites is 2. The lowest BCUT2D eigenvalue weighted by Gasteiger charge is -2.21. The predicted molar refractivity (Wildman–Crippen MR) is 99.7 cm³/mol. The lowest BCUT2D eigenvalue weighted by Crippen LogP contribution is -2.38. The summed E-state index contributed by atoms with van der Waals surface area (Å²) in [6.45, 7) is 2.04. The maximum Gasteiger partial charge on any atom is 0.255 e. The Morgan fingerprint density at radius 1 is 1.16 bits per heavy atom. The third-order valence-electron chi connectivity index (χ3n) is 3.55. The van der Waals surface area contributed by atoms with E-state index < -0.39 is 0 Å². The van der Waals surface area contributed by atoms with Gasteiger partial charge in [0.1, 0.15) is 12.3 Å². The number of rotatable bonds is 6. The van der Waals surface area contributed by atoms with Crippen molar-refractivity contribution < 1.29 is 14.3 Å². The van der Waals surface area contributed by atoms with E-state index in [1.807, 2.05) is 0 Å². The van der Waals surface area contributed by atoms with Crippen molar-refractivity contribution >= 4 is 40.7 Å². The van der Waals surface area contributed by atoms with Crippen LogP contribution < -0.4 is 10.1 Å². The van der Waals surface area contributed by atoms with E-state index >= 15 is 0 Å². The van der Waals surface area contributed by atoms with Gasteiger partial charge in [0.15, 0.2) is 0 Å². The van der Waals surface area contributed by atoms with Crippen LogP contribution in [-0.4, -0.2) is 36.9 Å². The Balaban J connectivity index is 2.10. The molecule has 0 aliphatic carbocycles. The predicted octanol–water partition coefficient (Wildman–Crippen LogP) is 4.10. The van der Waals surface area contributed by atoms with Gasteiger partial charge in [0.25, 0.3) is 5.91 Å². The zero-order chi connectivity index (χ0) is 18.4. The van der Waals surface area contributed by atoms with Crippen LogP contribution in [0.3, 0.4) is 0 Å². The molecule has 2 aromatic carbocycles. The number of likely N-dealkylation sites (N-methyl/N-ethyl adjacent to an activating group) is 1. The van der Waals surface area contributed by atoms with Crippen LogP contribution in [0.15, 0.2) is 42.5 Å². The zero-order valence-electron chi connectivity index (χ0n) is 13.9. The highest BCUT2D eigenvalue weighted by Gasteiger charge is 2.20. The van der Waals surface area contributed by atoms with Gasteiger partial charge < -0.3 is 15.0 Å². The van der Waals surface area contributed by atoms with Crippen LogP contribution in [0.25, 0.3) is 0 Å². The summed E-state index contributed by atoms with van der Waals surface area (Å²) in [7, 11) is 1.52. The zero-order valence-corrected chi connectivity index (χ0v) is 15.4. The smallest absolute Gasteiger partial charge is 0.255 e. The summed E-state index contributed by atoms with van der Waals surface area (Å²) in [6.07, 6.45) is 0. The lowest BCUT2D eigenvalue weighted by molar-refractivity contribution is -0.116. The quantitative estimate of drug-likeness (QED) is 0.820. The van der Waals surface area contributed by atoms with E-state index in [0.717, 1.165) is 0 Å². The second-order valence-corrected chi connectivity index (χ2v) is 6.04. The average Bonchev–Trinajstić information content (AvgIpc) is 2.59. The standard InChI is InChI=1S/C18H18Cl2N2O3/c1-3-22(18(24)13-9-8-12(19)10-14(13)20)11-17(23)21-15-6-4-5-7-16(15)25-2/h4-10H,3,11H2,1-2H3,(H,21,23). The SMILES string of the molecule is CCN(CC(=O)Nc1ccccc1OC)C(=O)c1ccc(Cl)cc1Cl. The van der Waals surface area contributed by atoms with Gasteiger partial charge in [-0.2, -0.15) is 0 Å². The Morgan fingerprint density at radius 3 is 2.52 bits per heavy atom. The molecule has 0 aliphatic heterocycles. The number of ether oxygens (including phenoxy) is 1. The summed E-state index contributed by atoms with van der Waals surface area (Å²) in [4.78, 5) is 26.3. The van der Waals surface area contributed by atoms with E-state index in [9.17, 15) is 9.59 Å². The van der Waals surface area contributed by atoms with Crippen molar-refractivity contribution in [3.8, 4) is 5.75 Å². The summed E-state index contributed by atoms with van der Waals surface area (Å²) < 4.78 is 5.20. The van der Waals surface area contributed by atoms with Gasteiger partial charge in [-0.3, -0.25) is 9.59 Å². The Bertz CT molecular complexity index is 781. The van der Waals surface area contributed by atoms with Gasteiger partial charge in [-0.05, 0) is 37.3 Å². The molecule has 0 aliphatic rings. The number of hydrogen-bond acceptors (Lipinski definition) is 3. The topological polar surface area (TPSA) is 58.6 Å². The molecule has 0 heterocycles. The number of hydrogen-bond donors (Lipinski definition) is 1. The molecule has 0 aromatic heterocycles. The largest absolute Gasteiger partial charge is 0.495 e. The Hall–Kier alpha value is -2.24. The van der Waals surface area contributed by atoms with Gasteiger partial charge in [0, 0.05) is 11.6 Å². The van der Waals surface area contributed by atoms with Crippen LogP contribution in [0.5, 0.6) is 5.75 Å². The van der Waals surface area contributed by atoms with Crippen molar-refractivity contribution in [3.63, 3.8) is 0 Å². The van der Waals surface area contributed by atoms with E-state index in [4.69, 9.17) is 27.9 Å². The molecule has 1 N–H and O–H groups in total. The van der Waals surface area contributed by atoms with Gasteiger partial charge in [-0.1, -0.05) is 35.3 Å². The van der Waals surface area contributed by atoms with E-state index in [0.29, 0.717) is 28.6 Å². The summed E-state index contributed by atoms with van der Waals surface area (Å²) in [5, 5.41) is 3.44. The second-order valence-electron chi connectivity index (χ2n) is 5.19. The van der Waals surface area contributed by atoms with Gasteiger partial charge in [0.05, 0.1) is 23.4 Å². The van der Waals surface area contributed by atoms with Crippen LogP contribution in [0.4, 0.5) is 5.69 Å². The first kappa shape index (κ1) is 19.1. The number of benzene rings is 2. The van der Waals surface area contributed by atoms with Crippen molar-refractivity contribution in [2.45, 2.75) is 6.92 Å². The Kier molecular flexibility index (Phi) is 6.67. The highest BCUT2D eigenvalue weighted by molar-refractivity contribution is 6.36. The minimum atomic E-state index is -0.334. The minimum absolute atomic E-state index is 0.105. The molecule has 0 unspecified atom stereocenters. The summed E-state index contributed by atoms with van der Waals surface area (Å²) in [6, 6.07) is 11.7. The molecular weight excluding hydrogens is 363 g/mol. The first-order valence-electron chi connectivity index (χ1n) is 7.63.